The highest BCUT2D eigenvalue weighted by atomic mass is 79.9. The second kappa shape index (κ2) is 4.64. The van der Waals surface area contributed by atoms with Crippen molar-refractivity contribution in [3.05, 3.63) is 50.4 Å². The minimum Gasteiger partial charge on any atom is -0.485 e. The van der Waals surface area contributed by atoms with Crippen molar-refractivity contribution in [2.75, 3.05) is 0 Å². The third-order valence-corrected chi connectivity index (χ3v) is 4.59. The molecule has 0 aliphatic carbocycles. The van der Waals surface area contributed by atoms with Gasteiger partial charge in [-0.1, -0.05) is 6.07 Å². The lowest BCUT2D eigenvalue weighted by molar-refractivity contribution is 0.161. The third-order valence-electron chi connectivity index (χ3n) is 3.07. The molecule has 0 amide bonds. The van der Waals surface area contributed by atoms with E-state index in [0.29, 0.717) is 12.2 Å². The largest absolute Gasteiger partial charge is 0.485 e. The Labute approximate surface area is 117 Å². The van der Waals surface area contributed by atoms with E-state index in [-0.39, 0.29) is 18.0 Å². The van der Waals surface area contributed by atoms with Gasteiger partial charge in [0, 0.05) is 29.7 Å². The van der Waals surface area contributed by atoms with Crippen LogP contribution >= 0.6 is 27.3 Å². The summed E-state index contributed by atoms with van der Waals surface area (Å²) in [6, 6.07) is 6.44. The Bertz CT molecular complexity index is 586. The number of hydrogen-bond donors (Lipinski definition) is 1. The van der Waals surface area contributed by atoms with Crippen molar-refractivity contribution in [1.29, 1.82) is 0 Å². The molecule has 0 bridgehead atoms. The van der Waals surface area contributed by atoms with Crippen LogP contribution in [-0.2, 0) is 0 Å². The van der Waals surface area contributed by atoms with Crippen LogP contribution in [0.4, 0.5) is 4.39 Å². The number of thiophene rings is 1. The van der Waals surface area contributed by atoms with Gasteiger partial charge in [0.05, 0.1) is 3.79 Å². The maximum Gasteiger partial charge on any atom is 0.127 e. The lowest BCUT2D eigenvalue weighted by Crippen LogP contribution is -2.23. The van der Waals surface area contributed by atoms with Gasteiger partial charge in [0.15, 0.2) is 0 Å². The monoisotopic (exact) mass is 327 g/mol. The zero-order valence-electron chi connectivity index (χ0n) is 9.40. The van der Waals surface area contributed by atoms with E-state index in [0.717, 1.165) is 14.9 Å². The van der Waals surface area contributed by atoms with Gasteiger partial charge in [0.1, 0.15) is 17.7 Å². The van der Waals surface area contributed by atoms with E-state index in [1.807, 2.05) is 11.4 Å². The Morgan fingerprint density at radius 1 is 1.39 bits per heavy atom. The van der Waals surface area contributed by atoms with Gasteiger partial charge >= 0.3 is 0 Å². The highest BCUT2D eigenvalue weighted by molar-refractivity contribution is 9.11. The van der Waals surface area contributed by atoms with E-state index in [1.165, 1.54) is 12.1 Å². The number of hydrogen-bond acceptors (Lipinski definition) is 3. The fourth-order valence-electron chi connectivity index (χ4n) is 2.17. The third kappa shape index (κ3) is 2.18. The lowest BCUT2D eigenvalue weighted by Gasteiger charge is -2.30. The second-order valence-corrected chi connectivity index (χ2v) is 6.61. The summed E-state index contributed by atoms with van der Waals surface area (Å²) in [5.74, 6) is 0.258. The molecular weight excluding hydrogens is 317 g/mol. The van der Waals surface area contributed by atoms with Crippen LogP contribution in [0.25, 0.3) is 0 Å². The molecule has 2 nitrogen and oxygen atoms in total. The topological polar surface area (TPSA) is 35.2 Å². The molecule has 0 saturated heterocycles. The Morgan fingerprint density at radius 2 is 2.22 bits per heavy atom. The molecule has 2 heterocycles. The first-order valence-electron chi connectivity index (χ1n) is 5.59. The van der Waals surface area contributed by atoms with Crippen molar-refractivity contribution in [2.24, 2.45) is 5.73 Å². The Morgan fingerprint density at radius 3 is 2.94 bits per heavy atom. The van der Waals surface area contributed by atoms with E-state index < -0.39 is 0 Å². The van der Waals surface area contributed by atoms with E-state index in [9.17, 15) is 4.39 Å². The molecule has 1 aliphatic rings. The summed E-state index contributed by atoms with van der Waals surface area (Å²) in [4.78, 5) is 0. The number of halogens is 2. The molecule has 0 saturated carbocycles. The minimum atomic E-state index is -0.298. The quantitative estimate of drug-likeness (QED) is 0.853. The maximum absolute atomic E-state index is 13.2. The molecule has 0 fully saturated rings. The summed E-state index contributed by atoms with van der Waals surface area (Å²) >= 11 is 5.03. The van der Waals surface area contributed by atoms with Gasteiger partial charge in [0.2, 0.25) is 0 Å². The molecule has 1 unspecified atom stereocenters. The zero-order valence-corrected chi connectivity index (χ0v) is 11.8. The molecule has 5 heteroatoms. The molecular formula is C13H11BrFNOS. The smallest absolute Gasteiger partial charge is 0.127 e. The van der Waals surface area contributed by atoms with E-state index in [1.54, 1.807) is 17.4 Å². The summed E-state index contributed by atoms with van der Waals surface area (Å²) in [5.41, 5.74) is 8.08. The average Bonchev–Trinajstić information content (AvgIpc) is 2.75. The Kier molecular flexibility index (Phi) is 3.13. The number of ether oxygens (including phenoxy) is 1. The van der Waals surface area contributed by atoms with Crippen molar-refractivity contribution in [3.8, 4) is 5.75 Å². The van der Waals surface area contributed by atoms with Crippen molar-refractivity contribution in [3.63, 3.8) is 0 Å². The predicted octanol–water partition coefficient (Wildman–Crippen LogP) is 4.17. The Balaban J connectivity index is 1.95. The van der Waals surface area contributed by atoms with E-state index in [4.69, 9.17) is 10.5 Å². The Hall–Kier alpha value is -0.910. The van der Waals surface area contributed by atoms with Crippen LogP contribution in [0.5, 0.6) is 5.75 Å². The minimum absolute atomic E-state index is 0.100. The van der Waals surface area contributed by atoms with Crippen molar-refractivity contribution < 1.29 is 9.13 Å². The highest BCUT2D eigenvalue weighted by Crippen LogP contribution is 2.41. The van der Waals surface area contributed by atoms with Crippen LogP contribution in [-0.4, -0.2) is 0 Å². The van der Waals surface area contributed by atoms with Crippen LogP contribution < -0.4 is 10.5 Å². The van der Waals surface area contributed by atoms with Crippen LogP contribution in [0.3, 0.4) is 0 Å². The van der Waals surface area contributed by atoms with Gasteiger partial charge in [-0.25, -0.2) is 4.39 Å². The molecule has 2 atom stereocenters. The molecule has 2 N–H and O–H groups in total. The highest BCUT2D eigenvalue weighted by Gasteiger charge is 2.27. The fraction of sp³-hybridized carbons (Fsp3) is 0.231. The standard InChI is InChI=1S/C13H11BrFNOS/c14-13-3-7(6-18-13)11-5-10(16)9-2-1-8(15)4-12(9)17-11/h1-4,6,10-11H,5,16H2/t10-,11?/m1/s1. The number of rotatable bonds is 1. The predicted molar refractivity (Wildman–Crippen MR) is 73.3 cm³/mol. The SMILES string of the molecule is N[C@@H]1CC(c2csc(Br)c2)Oc2cc(F)ccc21. The average molecular weight is 328 g/mol. The van der Waals surface area contributed by atoms with Gasteiger partial charge in [-0.3, -0.25) is 0 Å². The second-order valence-electron chi connectivity index (χ2n) is 4.31. The molecule has 0 spiro atoms. The first-order chi connectivity index (χ1) is 8.63. The molecule has 2 aromatic rings. The number of nitrogens with two attached hydrogens (primary N) is 1. The van der Waals surface area contributed by atoms with Gasteiger partial charge in [0.25, 0.3) is 0 Å². The first kappa shape index (κ1) is 12.1. The van der Waals surface area contributed by atoms with Crippen LogP contribution in [0.1, 0.15) is 29.7 Å². The van der Waals surface area contributed by atoms with Gasteiger partial charge in [-0.2, -0.15) is 0 Å². The zero-order chi connectivity index (χ0) is 12.7. The first-order valence-corrected chi connectivity index (χ1v) is 7.26. The van der Waals surface area contributed by atoms with Gasteiger partial charge in [-0.05, 0) is 33.4 Å². The van der Waals surface area contributed by atoms with Crippen molar-refractivity contribution >= 4 is 27.3 Å². The molecule has 1 aromatic carbocycles. The van der Waals surface area contributed by atoms with Crippen LogP contribution in [0.2, 0.25) is 0 Å². The van der Waals surface area contributed by atoms with Crippen molar-refractivity contribution in [2.45, 2.75) is 18.6 Å². The molecule has 18 heavy (non-hydrogen) atoms. The molecule has 0 radical (unpaired) electrons. The lowest BCUT2D eigenvalue weighted by atomic mass is 9.95. The van der Waals surface area contributed by atoms with Crippen LogP contribution in [0, 0.1) is 5.82 Å². The molecule has 94 valence electrons. The van der Waals surface area contributed by atoms with E-state index in [2.05, 4.69) is 15.9 Å². The summed E-state index contributed by atoms with van der Waals surface area (Å²) in [7, 11) is 0. The summed E-state index contributed by atoms with van der Waals surface area (Å²) in [5, 5.41) is 2.03. The number of benzene rings is 1. The number of fused-ring (bicyclic) bond motifs is 1. The van der Waals surface area contributed by atoms with E-state index >= 15 is 0 Å². The molecule has 1 aromatic heterocycles. The fourth-order valence-corrected chi connectivity index (χ4v) is 3.39. The van der Waals surface area contributed by atoms with Gasteiger partial charge < -0.3 is 10.5 Å². The summed E-state index contributed by atoms with van der Waals surface area (Å²) in [6.07, 6.45) is 0.610. The summed E-state index contributed by atoms with van der Waals surface area (Å²) in [6.45, 7) is 0. The maximum atomic E-state index is 13.2. The normalized spacial score (nSPS) is 22.4. The molecule has 1 aliphatic heterocycles. The van der Waals surface area contributed by atoms with Crippen molar-refractivity contribution in [1.82, 2.24) is 0 Å². The molecule has 3 rings (SSSR count). The van der Waals surface area contributed by atoms with Gasteiger partial charge in [-0.15, -0.1) is 11.3 Å². The van der Waals surface area contributed by atoms with Crippen LogP contribution in [0.15, 0.2) is 33.4 Å². The summed E-state index contributed by atoms with van der Waals surface area (Å²) < 4.78 is 20.1.